The number of hydrogen-bond donors (Lipinski definition) is 3. The molecular formula is C19H32N2O4. The summed E-state index contributed by atoms with van der Waals surface area (Å²) in [6, 6.07) is 9.56. The van der Waals surface area contributed by atoms with E-state index >= 15 is 0 Å². The molecular weight excluding hydrogens is 320 g/mol. The topological polar surface area (TPSA) is 82.0 Å². The smallest absolute Gasteiger partial charge is 0.434 e. The van der Waals surface area contributed by atoms with Gasteiger partial charge in [-0.15, -0.1) is 0 Å². The van der Waals surface area contributed by atoms with Gasteiger partial charge in [0.15, 0.2) is 0 Å². The second kappa shape index (κ2) is 11.1. The van der Waals surface area contributed by atoms with Crippen LogP contribution >= 0.6 is 0 Å². The second-order valence-corrected chi connectivity index (χ2v) is 7.20. The summed E-state index contributed by atoms with van der Waals surface area (Å²) in [5.74, 6) is 0. The first-order valence-electron chi connectivity index (χ1n) is 8.90. The molecule has 1 atom stereocenters. The number of nitrogens with zero attached hydrogens (tertiary/aromatic N) is 1. The maximum atomic E-state index is 12.2. The molecule has 0 aliphatic carbocycles. The Morgan fingerprint density at radius 2 is 1.80 bits per heavy atom. The van der Waals surface area contributed by atoms with Crippen molar-refractivity contribution in [1.29, 1.82) is 0 Å². The number of rotatable bonds is 10. The van der Waals surface area contributed by atoms with Gasteiger partial charge in [-0.05, 0) is 37.9 Å². The highest BCUT2D eigenvalue weighted by Crippen LogP contribution is 2.36. The number of aliphatic hydroxyl groups excluding tert-OH is 1. The number of carbonyl (C=O) groups is 1. The molecule has 6 nitrogen and oxygen atoms in total. The maximum Gasteiger partial charge on any atom is 0.434 e. The summed E-state index contributed by atoms with van der Waals surface area (Å²) in [5, 5.41) is 22.5. The highest BCUT2D eigenvalue weighted by Gasteiger charge is 2.31. The number of ether oxygens (including phenoxy) is 1. The Morgan fingerprint density at radius 1 is 1.16 bits per heavy atom. The SMILES string of the molecule is CC(C)(C)C(OC(=O)N(O)CCCNCCCCO)c1ccccc1. The highest BCUT2D eigenvalue weighted by atomic mass is 16.6. The lowest BCUT2D eigenvalue weighted by atomic mass is 9.84. The zero-order valence-electron chi connectivity index (χ0n) is 15.6. The highest BCUT2D eigenvalue weighted by molar-refractivity contribution is 5.66. The molecule has 0 heterocycles. The lowest BCUT2D eigenvalue weighted by Crippen LogP contribution is -2.34. The number of amides is 1. The normalized spacial score (nSPS) is 12.7. The minimum Gasteiger partial charge on any atom is -0.439 e. The Kier molecular flexibility index (Phi) is 9.49. The molecule has 1 amide bonds. The van der Waals surface area contributed by atoms with Gasteiger partial charge in [-0.25, -0.2) is 4.79 Å². The second-order valence-electron chi connectivity index (χ2n) is 7.20. The van der Waals surface area contributed by atoms with E-state index < -0.39 is 12.2 Å². The van der Waals surface area contributed by atoms with Gasteiger partial charge in [-0.2, -0.15) is 5.06 Å². The van der Waals surface area contributed by atoms with Gasteiger partial charge in [-0.3, -0.25) is 5.21 Å². The first-order chi connectivity index (χ1) is 11.9. The summed E-state index contributed by atoms with van der Waals surface area (Å²) in [7, 11) is 0. The molecule has 1 aromatic rings. The third-order valence-electron chi connectivity index (χ3n) is 3.80. The van der Waals surface area contributed by atoms with Crippen molar-refractivity contribution in [1.82, 2.24) is 10.4 Å². The molecule has 1 rings (SSSR count). The van der Waals surface area contributed by atoms with E-state index in [1.54, 1.807) is 0 Å². The molecule has 0 saturated carbocycles. The van der Waals surface area contributed by atoms with Crippen LogP contribution in [0.25, 0.3) is 0 Å². The van der Waals surface area contributed by atoms with Gasteiger partial charge in [-0.1, -0.05) is 51.1 Å². The van der Waals surface area contributed by atoms with Gasteiger partial charge in [0, 0.05) is 12.0 Å². The van der Waals surface area contributed by atoms with E-state index in [1.807, 2.05) is 51.1 Å². The fourth-order valence-corrected chi connectivity index (χ4v) is 2.47. The van der Waals surface area contributed by atoms with Crippen molar-refractivity contribution in [3.05, 3.63) is 35.9 Å². The summed E-state index contributed by atoms with van der Waals surface area (Å²) in [4.78, 5) is 12.2. The summed E-state index contributed by atoms with van der Waals surface area (Å²) in [5.41, 5.74) is 0.619. The molecule has 1 aromatic carbocycles. The molecule has 25 heavy (non-hydrogen) atoms. The van der Waals surface area contributed by atoms with Gasteiger partial charge in [0.1, 0.15) is 6.10 Å². The molecule has 0 radical (unpaired) electrons. The number of carbonyl (C=O) groups excluding carboxylic acids is 1. The molecule has 3 N–H and O–H groups in total. The lowest BCUT2D eigenvalue weighted by molar-refractivity contribution is -0.0959. The largest absolute Gasteiger partial charge is 0.439 e. The van der Waals surface area contributed by atoms with Crippen LogP contribution in [0.5, 0.6) is 0 Å². The van der Waals surface area contributed by atoms with E-state index in [4.69, 9.17) is 9.84 Å². The van der Waals surface area contributed by atoms with Crippen LogP contribution in [0.2, 0.25) is 0 Å². The average molecular weight is 352 g/mol. The van der Waals surface area contributed by atoms with Crippen LogP contribution in [-0.4, -0.2) is 47.7 Å². The molecule has 0 spiro atoms. The van der Waals surface area contributed by atoms with Gasteiger partial charge >= 0.3 is 6.09 Å². The Labute approximate surface area is 150 Å². The Morgan fingerprint density at radius 3 is 2.40 bits per heavy atom. The van der Waals surface area contributed by atoms with E-state index in [2.05, 4.69) is 5.32 Å². The van der Waals surface area contributed by atoms with E-state index in [0.29, 0.717) is 18.0 Å². The number of nitrogens with one attached hydrogen (secondary N) is 1. The number of aliphatic hydroxyl groups is 1. The van der Waals surface area contributed by atoms with Crippen molar-refractivity contribution in [2.75, 3.05) is 26.2 Å². The monoisotopic (exact) mass is 352 g/mol. The predicted molar refractivity (Wildman–Crippen MR) is 97.4 cm³/mol. The van der Waals surface area contributed by atoms with Crippen LogP contribution in [0, 0.1) is 5.41 Å². The number of benzene rings is 1. The first kappa shape index (κ1) is 21.4. The van der Waals surface area contributed by atoms with Crippen LogP contribution in [0.15, 0.2) is 30.3 Å². The summed E-state index contributed by atoms with van der Waals surface area (Å²) in [6.45, 7) is 7.90. The van der Waals surface area contributed by atoms with Crippen molar-refractivity contribution in [3.8, 4) is 0 Å². The minimum absolute atomic E-state index is 0.203. The maximum absolute atomic E-state index is 12.2. The van der Waals surface area contributed by atoms with Crippen molar-refractivity contribution < 1.29 is 19.8 Å². The average Bonchev–Trinajstić information content (AvgIpc) is 2.58. The fourth-order valence-electron chi connectivity index (χ4n) is 2.47. The molecule has 0 saturated heterocycles. The Bertz CT molecular complexity index is 488. The Balaban J connectivity index is 2.43. The number of hydrogen-bond acceptors (Lipinski definition) is 5. The van der Waals surface area contributed by atoms with Crippen LogP contribution in [0.4, 0.5) is 4.79 Å². The fraction of sp³-hybridized carbons (Fsp3) is 0.632. The van der Waals surface area contributed by atoms with Crippen molar-refractivity contribution in [2.24, 2.45) is 5.41 Å². The van der Waals surface area contributed by atoms with E-state index in [0.717, 1.165) is 24.9 Å². The van der Waals surface area contributed by atoms with E-state index in [1.165, 1.54) is 0 Å². The lowest BCUT2D eigenvalue weighted by Gasteiger charge is -2.31. The van der Waals surface area contributed by atoms with Gasteiger partial charge < -0.3 is 15.2 Å². The quantitative estimate of drug-likeness (QED) is 0.342. The zero-order valence-corrected chi connectivity index (χ0v) is 15.6. The number of hydroxylamine groups is 2. The van der Waals surface area contributed by atoms with Crippen molar-refractivity contribution in [3.63, 3.8) is 0 Å². The summed E-state index contributed by atoms with van der Waals surface area (Å²) >= 11 is 0. The third kappa shape index (κ3) is 8.34. The van der Waals surface area contributed by atoms with E-state index in [9.17, 15) is 10.0 Å². The minimum atomic E-state index is -0.732. The first-order valence-corrected chi connectivity index (χ1v) is 8.90. The molecule has 0 aromatic heterocycles. The standard InChI is InChI=1S/C19H32N2O4/c1-19(2,3)17(16-10-5-4-6-11-16)25-18(23)21(24)14-9-13-20-12-7-8-15-22/h4-6,10-11,17,20,22,24H,7-9,12-15H2,1-3H3. The third-order valence-corrected chi connectivity index (χ3v) is 3.80. The van der Waals surface area contributed by atoms with Crippen LogP contribution in [-0.2, 0) is 4.74 Å². The van der Waals surface area contributed by atoms with Crippen molar-refractivity contribution in [2.45, 2.75) is 46.1 Å². The summed E-state index contributed by atoms with van der Waals surface area (Å²) in [6.07, 6.45) is 1.14. The van der Waals surface area contributed by atoms with Crippen molar-refractivity contribution >= 4 is 6.09 Å². The van der Waals surface area contributed by atoms with Gasteiger partial charge in [0.2, 0.25) is 0 Å². The summed E-state index contributed by atoms with van der Waals surface area (Å²) < 4.78 is 5.56. The Hall–Kier alpha value is -1.63. The predicted octanol–water partition coefficient (Wildman–Crippen LogP) is 3.35. The van der Waals surface area contributed by atoms with E-state index in [-0.39, 0.29) is 18.6 Å². The molecule has 1 unspecified atom stereocenters. The zero-order chi connectivity index (χ0) is 18.7. The molecule has 142 valence electrons. The van der Waals surface area contributed by atoms with Gasteiger partial charge in [0.05, 0.1) is 6.54 Å². The molecule has 0 fully saturated rings. The van der Waals surface area contributed by atoms with Crippen LogP contribution in [0.1, 0.15) is 51.7 Å². The molecule has 0 aliphatic rings. The molecule has 6 heteroatoms. The van der Waals surface area contributed by atoms with Crippen LogP contribution in [0.3, 0.4) is 0 Å². The van der Waals surface area contributed by atoms with Crippen LogP contribution < -0.4 is 5.32 Å². The molecule has 0 aliphatic heterocycles. The molecule has 0 bridgehead atoms. The van der Waals surface area contributed by atoms with Gasteiger partial charge in [0.25, 0.3) is 0 Å². The number of unbranched alkanes of at least 4 members (excludes halogenated alkanes) is 1.